The van der Waals surface area contributed by atoms with Crippen LogP contribution in [0, 0.1) is 0 Å². The van der Waals surface area contributed by atoms with Gasteiger partial charge in [0.15, 0.2) is 0 Å². The van der Waals surface area contributed by atoms with E-state index in [4.69, 9.17) is 16.6 Å². The Labute approximate surface area is 211 Å². The molecule has 2 saturated heterocycles. The molecule has 0 spiro atoms. The molecule has 2 aliphatic heterocycles. The van der Waals surface area contributed by atoms with Crippen molar-refractivity contribution >= 4 is 23.3 Å². The molecule has 182 valence electrons. The molecule has 2 fully saturated rings. The van der Waals surface area contributed by atoms with Gasteiger partial charge in [0, 0.05) is 92.2 Å². The number of nitrogens with one attached hydrogen (secondary N) is 2. The summed E-state index contributed by atoms with van der Waals surface area (Å²) in [4.78, 5) is 26.6. The van der Waals surface area contributed by atoms with E-state index in [-0.39, 0.29) is 11.9 Å². The number of carbonyl (C=O) groups excluding carboxylic acids is 1. The summed E-state index contributed by atoms with van der Waals surface area (Å²) in [6.45, 7) is 6.98. The fourth-order valence-corrected chi connectivity index (χ4v) is 4.98. The molecule has 0 radical (unpaired) electrons. The van der Waals surface area contributed by atoms with Gasteiger partial charge in [-0.25, -0.2) is 4.98 Å². The second-order valence-corrected chi connectivity index (χ2v) is 9.63. The first-order chi connectivity index (χ1) is 17.2. The number of halogens is 1. The van der Waals surface area contributed by atoms with Crippen LogP contribution in [0.25, 0.3) is 11.1 Å². The fraction of sp³-hybridized carbons (Fsp3) is 0.370. The van der Waals surface area contributed by atoms with Gasteiger partial charge >= 0.3 is 0 Å². The van der Waals surface area contributed by atoms with Crippen LogP contribution in [0.3, 0.4) is 0 Å². The SMILES string of the molecule is O=C(NC1CCN(c2ccc(CN3CCNCC3)cn2)CC1)c1ccc(Cl)c(-c2cccnc2)c1. The lowest BCUT2D eigenvalue weighted by atomic mass is 10.0. The zero-order valence-corrected chi connectivity index (χ0v) is 20.5. The highest BCUT2D eigenvalue weighted by Crippen LogP contribution is 2.28. The molecule has 0 bridgehead atoms. The summed E-state index contributed by atoms with van der Waals surface area (Å²) < 4.78 is 0. The van der Waals surface area contributed by atoms with Crippen molar-refractivity contribution in [3.05, 3.63) is 77.2 Å². The minimum Gasteiger partial charge on any atom is -0.356 e. The predicted molar refractivity (Wildman–Crippen MR) is 140 cm³/mol. The third kappa shape index (κ3) is 5.99. The van der Waals surface area contributed by atoms with Crippen molar-refractivity contribution in [3.63, 3.8) is 0 Å². The van der Waals surface area contributed by atoms with Crippen LogP contribution in [0.15, 0.2) is 61.1 Å². The number of pyridine rings is 2. The maximum Gasteiger partial charge on any atom is 0.251 e. The maximum absolute atomic E-state index is 13.0. The van der Waals surface area contributed by atoms with Crippen molar-refractivity contribution in [1.29, 1.82) is 0 Å². The number of nitrogens with zero attached hydrogens (tertiary/aromatic N) is 4. The largest absolute Gasteiger partial charge is 0.356 e. The molecule has 0 aliphatic carbocycles. The lowest BCUT2D eigenvalue weighted by Crippen LogP contribution is -2.45. The lowest BCUT2D eigenvalue weighted by Gasteiger charge is -2.33. The summed E-state index contributed by atoms with van der Waals surface area (Å²) in [6.07, 6.45) is 7.26. The average Bonchev–Trinajstić information content (AvgIpc) is 2.91. The first-order valence-corrected chi connectivity index (χ1v) is 12.7. The number of benzene rings is 1. The molecule has 0 unspecified atom stereocenters. The highest BCUT2D eigenvalue weighted by Gasteiger charge is 2.22. The first-order valence-electron chi connectivity index (χ1n) is 12.3. The molecule has 8 heteroatoms. The van der Waals surface area contributed by atoms with Gasteiger partial charge < -0.3 is 15.5 Å². The quantitative estimate of drug-likeness (QED) is 0.550. The molecule has 0 atom stereocenters. The molecule has 4 heterocycles. The third-order valence-electron chi connectivity index (χ3n) is 6.78. The summed E-state index contributed by atoms with van der Waals surface area (Å²) in [6, 6.07) is 13.7. The summed E-state index contributed by atoms with van der Waals surface area (Å²) in [7, 11) is 0. The Bertz CT molecular complexity index is 1130. The van der Waals surface area contributed by atoms with Crippen LogP contribution >= 0.6 is 11.6 Å². The summed E-state index contributed by atoms with van der Waals surface area (Å²) in [5.74, 6) is 0.943. The molecule has 2 N–H and O–H groups in total. The minimum atomic E-state index is -0.0688. The van der Waals surface area contributed by atoms with Gasteiger partial charge in [-0.1, -0.05) is 23.7 Å². The van der Waals surface area contributed by atoms with E-state index in [1.807, 2.05) is 24.4 Å². The molecule has 7 nitrogen and oxygen atoms in total. The molecule has 1 amide bonds. The van der Waals surface area contributed by atoms with Crippen LogP contribution in [0.2, 0.25) is 5.02 Å². The molecule has 3 aromatic rings. The summed E-state index contributed by atoms with van der Waals surface area (Å²) in [5, 5.41) is 7.20. The van der Waals surface area contributed by atoms with Gasteiger partial charge in [-0.15, -0.1) is 0 Å². The van der Waals surface area contributed by atoms with E-state index in [1.165, 1.54) is 5.56 Å². The van der Waals surface area contributed by atoms with Gasteiger partial charge in [0.25, 0.3) is 5.91 Å². The Balaban J connectivity index is 1.14. The van der Waals surface area contributed by atoms with Gasteiger partial charge in [0.1, 0.15) is 5.82 Å². The van der Waals surface area contributed by atoms with Crippen LogP contribution in [-0.2, 0) is 6.54 Å². The van der Waals surface area contributed by atoms with Crippen molar-refractivity contribution in [1.82, 2.24) is 25.5 Å². The van der Waals surface area contributed by atoms with Crippen molar-refractivity contribution in [3.8, 4) is 11.1 Å². The topological polar surface area (TPSA) is 73.4 Å². The molecule has 2 aliphatic rings. The monoisotopic (exact) mass is 490 g/mol. The van der Waals surface area contributed by atoms with Gasteiger partial charge in [-0.2, -0.15) is 0 Å². The highest BCUT2D eigenvalue weighted by molar-refractivity contribution is 6.33. The van der Waals surface area contributed by atoms with E-state index in [0.717, 1.165) is 75.6 Å². The van der Waals surface area contributed by atoms with Crippen molar-refractivity contribution in [2.75, 3.05) is 44.2 Å². The number of piperazine rings is 1. The van der Waals surface area contributed by atoms with E-state index in [9.17, 15) is 4.79 Å². The molecule has 0 saturated carbocycles. The van der Waals surface area contributed by atoms with E-state index >= 15 is 0 Å². The normalized spacial score (nSPS) is 17.3. The number of anilines is 1. The molecule has 35 heavy (non-hydrogen) atoms. The number of hydrogen-bond donors (Lipinski definition) is 2. The number of rotatable bonds is 6. The Morgan fingerprint density at radius 1 is 1.06 bits per heavy atom. The van der Waals surface area contributed by atoms with Gasteiger partial charge in [0.2, 0.25) is 0 Å². The number of carbonyl (C=O) groups is 1. The van der Waals surface area contributed by atoms with Crippen LogP contribution in [0.1, 0.15) is 28.8 Å². The van der Waals surface area contributed by atoms with Crippen LogP contribution in [0.4, 0.5) is 5.82 Å². The van der Waals surface area contributed by atoms with E-state index in [1.54, 1.807) is 24.5 Å². The first kappa shape index (κ1) is 23.7. The molecular formula is C27H31ClN6O. The van der Waals surface area contributed by atoms with Crippen molar-refractivity contribution in [2.24, 2.45) is 0 Å². The van der Waals surface area contributed by atoms with Gasteiger partial charge in [-0.3, -0.25) is 14.7 Å². The highest BCUT2D eigenvalue weighted by atomic mass is 35.5. The Kier molecular flexibility index (Phi) is 7.57. The Morgan fingerprint density at radius 3 is 2.60 bits per heavy atom. The van der Waals surface area contributed by atoms with Crippen LogP contribution in [-0.4, -0.2) is 66.1 Å². The lowest BCUT2D eigenvalue weighted by molar-refractivity contribution is 0.0931. The maximum atomic E-state index is 13.0. The smallest absolute Gasteiger partial charge is 0.251 e. The second-order valence-electron chi connectivity index (χ2n) is 9.22. The Hall–Kier alpha value is -3.00. The number of hydrogen-bond acceptors (Lipinski definition) is 6. The summed E-state index contributed by atoms with van der Waals surface area (Å²) in [5.41, 5.74) is 3.57. The molecule has 2 aromatic heterocycles. The van der Waals surface area contributed by atoms with Crippen molar-refractivity contribution in [2.45, 2.75) is 25.4 Å². The number of aromatic nitrogens is 2. The second kappa shape index (κ2) is 11.2. The average molecular weight is 491 g/mol. The van der Waals surface area contributed by atoms with Crippen molar-refractivity contribution < 1.29 is 4.79 Å². The molecule has 1 aromatic carbocycles. The molecular weight excluding hydrogens is 460 g/mol. The fourth-order valence-electron chi connectivity index (χ4n) is 4.76. The zero-order valence-electron chi connectivity index (χ0n) is 19.8. The predicted octanol–water partition coefficient (Wildman–Crippen LogP) is 3.60. The molecule has 5 rings (SSSR count). The third-order valence-corrected chi connectivity index (χ3v) is 7.11. The van der Waals surface area contributed by atoms with Crippen LogP contribution < -0.4 is 15.5 Å². The standard InChI is InChI=1S/C27H31ClN6O/c28-25-5-4-21(16-24(25)22-2-1-9-30-18-22)27(35)32-23-7-12-34(13-8-23)26-6-3-20(17-31-26)19-33-14-10-29-11-15-33/h1-6,9,16-18,23,29H,7-8,10-15,19H2,(H,32,35). The number of piperidine rings is 1. The van der Waals surface area contributed by atoms with Gasteiger partial charge in [-0.05, 0) is 48.7 Å². The summed E-state index contributed by atoms with van der Waals surface area (Å²) >= 11 is 6.38. The van der Waals surface area contributed by atoms with Crippen LogP contribution in [0.5, 0.6) is 0 Å². The van der Waals surface area contributed by atoms with E-state index in [0.29, 0.717) is 10.6 Å². The van der Waals surface area contributed by atoms with E-state index < -0.39 is 0 Å². The zero-order chi connectivity index (χ0) is 24.0. The van der Waals surface area contributed by atoms with E-state index in [2.05, 4.69) is 37.6 Å². The minimum absolute atomic E-state index is 0.0688. The Morgan fingerprint density at radius 2 is 1.89 bits per heavy atom. The number of amides is 1. The van der Waals surface area contributed by atoms with Gasteiger partial charge in [0.05, 0.1) is 0 Å².